The maximum Gasteiger partial charge on any atom is 0.288 e. The second-order valence-corrected chi connectivity index (χ2v) is 11.7. The summed E-state index contributed by atoms with van der Waals surface area (Å²) in [5, 5.41) is 10.4. The Hall–Kier alpha value is -3.71. The normalized spacial score (nSPS) is 17.3. The van der Waals surface area contributed by atoms with Gasteiger partial charge in [-0.1, -0.05) is 18.2 Å². The smallest absolute Gasteiger partial charge is 0.288 e. The van der Waals surface area contributed by atoms with Crippen LogP contribution in [0.3, 0.4) is 0 Å². The molecule has 1 amide bonds. The zero-order valence-electron chi connectivity index (χ0n) is 23.5. The summed E-state index contributed by atoms with van der Waals surface area (Å²) >= 11 is 0. The molecule has 1 aliphatic rings. The maximum absolute atomic E-state index is 13.2. The number of rotatable bonds is 11. The summed E-state index contributed by atoms with van der Waals surface area (Å²) in [5.41, 5.74) is 1.61. The monoisotopic (exact) mass is 585 g/mol. The second-order valence-electron chi connectivity index (χ2n) is 9.78. The van der Waals surface area contributed by atoms with E-state index in [-0.39, 0.29) is 54.7 Å². The summed E-state index contributed by atoms with van der Waals surface area (Å²) in [5.74, 6) is -0.165. The zero-order valence-corrected chi connectivity index (χ0v) is 24.3. The van der Waals surface area contributed by atoms with Gasteiger partial charge in [-0.3, -0.25) is 14.2 Å². The number of aromatic nitrogens is 1. The van der Waals surface area contributed by atoms with Crippen LogP contribution in [0.15, 0.2) is 71.5 Å². The number of nitrogens with zero attached hydrogens (tertiary/aromatic N) is 3. The molecule has 0 bridgehead atoms. The van der Waals surface area contributed by atoms with Crippen molar-refractivity contribution in [2.75, 3.05) is 47.5 Å². The van der Waals surface area contributed by atoms with E-state index in [9.17, 15) is 23.1 Å². The van der Waals surface area contributed by atoms with Crippen LogP contribution in [-0.4, -0.2) is 92.9 Å². The summed E-state index contributed by atoms with van der Waals surface area (Å²) in [7, 11) is 0.802. The number of carbonyl (C=O) groups is 2. The van der Waals surface area contributed by atoms with Crippen LogP contribution in [-0.2, 0) is 24.3 Å². The lowest BCUT2D eigenvalue weighted by atomic mass is 9.92. The molecule has 0 saturated carbocycles. The van der Waals surface area contributed by atoms with E-state index >= 15 is 0 Å². The number of ether oxygens (including phenoxy) is 3. The van der Waals surface area contributed by atoms with Crippen molar-refractivity contribution in [1.82, 2.24) is 13.8 Å². The van der Waals surface area contributed by atoms with Gasteiger partial charge in [0.2, 0.25) is 22.2 Å². The minimum atomic E-state index is -3.92. The molecule has 2 atom stereocenters. The fourth-order valence-electron chi connectivity index (χ4n) is 4.76. The quantitative estimate of drug-likeness (QED) is 0.364. The number of amides is 1. The number of aliphatic hydroxyl groups excluding tert-OH is 1. The van der Waals surface area contributed by atoms with Gasteiger partial charge in [-0.25, -0.2) is 8.42 Å². The lowest BCUT2D eigenvalue weighted by Gasteiger charge is -2.30. The van der Waals surface area contributed by atoms with Crippen LogP contribution in [0, 0.1) is 0 Å². The van der Waals surface area contributed by atoms with E-state index in [4.69, 9.17) is 14.2 Å². The van der Waals surface area contributed by atoms with Crippen LogP contribution in [0.2, 0.25) is 0 Å². The number of benzene rings is 2. The van der Waals surface area contributed by atoms with Crippen LogP contribution in [0.25, 0.3) is 10.9 Å². The van der Waals surface area contributed by atoms with Gasteiger partial charge < -0.3 is 24.2 Å². The highest BCUT2D eigenvalue weighted by Crippen LogP contribution is 2.36. The first-order valence-corrected chi connectivity index (χ1v) is 14.6. The molecule has 12 heteroatoms. The predicted octanol–water partition coefficient (Wildman–Crippen LogP) is 2.81. The van der Waals surface area contributed by atoms with Crippen LogP contribution >= 0.6 is 0 Å². The fourth-order valence-corrected chi connectivity index (χ4v) is 6.17. The number of methoxy groups -OCH3 is 1. The Morgan fingerprint density at radius 3 is 2.44 bits per heavy atom. The highest BCUT2D eigenvalue weighted by Gasteiger charge is 2.32. The van der Waals surface area contributed by atoms with Crippen molar-refractivity contribution < 1.29 is 37.3 Å². The van der Waals surface area contributed by atoms with Gasteiger partial charge in [0, 0.05) is 58.0 Å². The van der Waals surface area contributed by atoms with Gasteiger partial charge in [0.15, 0.2) is 5.76 Å². The van der Waals surface area contributed by atoms with Crippen molar-refractivity contribution in [3.05, 3.63) is 72.1 Å². The van der Waals surface area contributed by atoms with Crippen molar-refractivity contribution in [1.29, 1.82) is 0 Å². The Balaban J connectivity index is 1.55. The van der Waals surface area contributed by atoms with Gasteiger partial charge in [-0.15, -0.1) is 0 Å². The molecule has 0 radical (unpaired) electrons. The minimum Gasteiger partial charge on any atom is -0.497 e. The summed E-state index contributed by atoms with van der Waals surface area (Å²) in [6.45, 7) is 0.888. The number of hydrogen-bond acceptors (Lipinski definition) is 8. The van der Waals surface area contributed by atoms with Gasteiger partial charge in [0.25, 0.3) is 5.91 Å². The predicted molar refractivity (Wildman–Crippen MR) is 152 cm³/mol. The van der Waals surface area contributed by atoms with E-state index in [0.717, 1.165) is 20.8 Å². The Morgan fingerprint density at radius 1 is 1.10 bits per heavy atom. The Labute approximate surface area is 239 Å². The third-order valence-electron chi connectivity index (χ3n) is 6.85. The molecular weight excluding hydrogens is 550 g/mol. The first-order valence-electron chi connectivity index (χ1n) is 13.1. The van der Waals surface area contributed by atoms with Crippen molar-refractivity contribution in [2.45, 2.75) is 30.4 Å². The average Bonchev–Trinajstić information content (AvgIpc) is 3.36. The summed E-state index contributed by atoms with van der Waals surface area (Å²) in [6.07, 6.45) is 2.99. The molecule has 0 spiro atoms. The molecule has 2 aromatic carbocycles. The molecule has 4 rings (SSSR count). The number of hydrogen-bond donors (Lipinski definition) is 1. The van der Waals surface area contributed by atoms with Crippen LogP contribution < -0.4 is 4.74 Å². The highest BCUT2D eigenvalue weighted by molar-refractivity contribution is 7.89. The maximum atomic E-state index is 13.2. The zero-order chi connectivity index (χ0) is 29.7. The standard InChI is InChI=1S/C29H35N3O8S/c1-20(34)32-19-25(24-7-5-6-8-26(24)32)21-17-27(29(35)30(2)3)40-28(18-21)39-16-14-31(13-15-33)41(36,37)23-11-9-22(38-4)10-12-23/h5-12,17,19,21,28,33H,13-16,18H2,1-4H3/t21-,28+/m1/s1. The molecule has 11 nitrogen and oxygen atoms in total. The summed E-state index contributed by atoms with van der Waals surface area (Å²) < 4.78 is 46.2. The topological polar surface area (TPSA) is 128 Å². The van der Waals surface area contributed by atoms with E-state index < -0.39 is 16.3 Å². The summed E-state index contributed by atoms with van der Waals surface area (Å²) in [6, 6.07) is 13.5. The largest absolute Gasteiger partial charge is 0.497 e. The first kappa shape index (κ1) is 30.3. The molecule has 1 N–H and O–H groups in total. The fraction of sp³-hybridized carbons (Fsp3) is 0.379. The second kappa shape index (κ2) is 12.9. The molecule has 0 saturated heterocycles. The van der Waals surface area contributed by atoms with Crippen molar-refractivity contribution in [3.63, 3.8) is 0 Å². The van der Waals surface area contributed by atoms with E-state index in [0.29, 0.717) is 12.2 Å². The number of sulfonamides is 1. The average molecular weight is 586 g/mol. The molecule has 41 heavy (non-hydrogen) atoms. The van der Waals surface area contributed by atoms with E-state index in [1.165, 1.54) is 31.1 Å². The highest BCUT2D eigenvalue weighted by atomic mass is 32.2. The van der Waals surface area contributed by atoms with E-state index in [1.807, 2.05) is 24.3 Å². The lowest BCUT2D eigenvalue weighted by molar-refractivity contribution is -0.151. The van der Waals surface area contributed by atoms with Gasteiger partial charge in [-0.05, 0) is 42.0 Å². The van der Waals surface area contributed by atoms with E-state index in [1.54, 1.807) is 43.1 Å². The number of carbonyl (C=O) groups excluding carboxylic acids is 2. The molecule has 0 fully saturated rings. The molecular formula is C29H35N3O8S. The Bertz CT molecular complexity index is 1530. The van der Waals surface area contributed by atoms with Gasteiger partial charge in [0.1, 0.15) is 5.75 Å². The first-order chi connectivity index (χ1) is 19.6. The van der Waals surface area contributed by atoms with Gasteiger partial charge >= 0.3 is 0 Å². The van der Waals surface area contributed by atoms with Crippen LogP contribution in [0.1, 0.15) is 29.6 Å². The molecule has 3 aromatic rings. The lowest BCUT2D eigenvalue weighted by Crippen LogP contribution is -2.38. The molecule has 1 aromatic heterocycles. The van der Waals surface area contributed by atoms with Gasteiger partial charge in [-0.2, -0.15) is 4.31 Å². The van der Waals surface area contributed by atoms with Gasteiger partial charge in [0.05, 0.1) is 30.7 Å². The number of fused-ring (bicyclic) bond motifs is 1. The number of aliphatic hydroxyl groups is 1. The van der Waals surface area contributed by atoms with Crippen LogP contribution in [0.4, 0.5) is 0 Å². The summed E-state index contributed by atoms with van der Waals surface area (Å²) in [4.78, 5) is 26.7. The Morgan fingerprint density at radius 2 is 1.80 bits per heavy atom. The van der Waals surface area contributed by atoms with Crippen molar-refractivity contribution >= 4 is 32.7 Å². The third kappa shape index (κ3) is 6.62. The molecule has 2 heterocycles. The molecule has 0 aliphatic carbocycles. The number of likely N-dealkylation sites (N-methyl/N-ethyl adjacent to an activating group) is 1. The number of allylic oxidation sites excluding steroid dienone is 1. The van der Waals surface area contributed by atoms with Crippen LogP contribution in [0.5, 0.6) is 5.75 Å². The van der Waals surface area contributed by atoms with E-state index in [2.05, 4.69) is 0 Å². The third-order valence-corrected chi connectivity index (χ3v) is 8.76. The van der Waals surface area contributed by atoms with Crippen molar-refractivity contribution in [3.8, 4) is 5.75 Å². The SMILES string of the molecule is COc1ccc(S(=O)(=O)N(CCO)CCO[C@@H]2C[C@H](c3cn(C(C)=O)c4ccccc34)C=C(C(=O)N(C)C)O2)cc1. The molecule has 220 valence electrons. The number of para-hydroxylation sites is 1. The van der Waals surface area contributed by atoms with Crippen molar-refractivity contribution in [2.24, 2.45) is 0 Å². The Kier molecular flexibility index (Phi) is 9.49. The minimum absolute atomic E-state index is 0.0502. The molecule has 0 unspecified atom stereocenters. The molecule has 1 aliphatic heterocycles.